The first-order valence-electron chi connectivity index (χ1n) is 9.48. The van der Waals surface area contributed by atoms with Crippen molar-refractivity contribution >= 4 is 39.3 Å². The molecule has 3 N–H and O–H groups in total. The Morgan fingerprint density at radius 3 is 2.34 bits per heavy atom. The zero-order chi connectivity index (χ0) is 21.2. The maximum atomic E-state index is 10.6. The van der Waals surface area contributed by atoms with Gasteiger partial charge < -0.3 is 20.6 Å². The van der Waals surface area contributed by atoms with Gasteiger partial charge in [0.25, 0.3) is 0 Å². The summed E-state index contributed by atoms with van der Waals surface area (Å²) >= 11 is 1.91. The lowest BCUT2D eigenvalue weighted by Crippen LogP contribution is -2.44. The van der Waals surface area contributed by atoms with Crippen molar-refractivity contribution in [1.29, 1.82) is 0 Å². The molecule has 1 fully saturated rings. The van der Waals surface area contributed by atoms with E-state index in [1.807, 2.05) is 11.3 Å². The number of halogens is 3. The molecule has 160 valence electrons. The number of fused-ring (bicyclic) bond motifs is 3. The van der Waals surface area contributed by atoms with Crippen LogP contribution in [0.25, 0.3) is 10.2 Å². The molecule has 4 rings (SSSR count). The summed E-state index contributed by atoms with van der Waals surface area (Å²) in [7, 11) is 2.18. The second-order valence-corrected chi connectivity index (χ2v) is 8.35. The molecule has 29 heavy (non-hydrogen) atoms. The van der Waals surface area contributed by atoms with Gasteiger partial charge in [0.2, 0.25) is 5.95 Å². The van der Waals surface area contributed by atoms with E-state index in [9.17, 15) is 13.2 Å². The summed E-state index contributed by atoms with van der Waals surface area (Å²) in [6, 6.07) is 0. The number of aliphatic carboxylic acids is 1. The number of alkyl halides is 3. The summed E-state index contributed by atoms with van der Waals surface area (Å²) in [5, 5.41) is 7.12. The summed E-state index contributed by atoms with van der Waals surface area (Å²) in [5.41, 5.74) is 8.61. The maximum Gasteiger partial charge on any atom is 0.490 e. The van der Waals surface area contributed by atoms with E-state index >= 15 is 0 Å². The van der Waals surface area contributed by atoms with E-state index in [0.717, 1.165) is 43.9 Å². The van der Waals surface area contributed by atoms with Crippen LogP contribution in [0.3, 0.4) is 0 Å². The van der Waals surface area contributed by atoms with Crippen LogP contribution in [-0.4, -0.2) is 65.3 Å². The van der Waals surface area contributed by atoms with E-state index < -0.39 is 12.1 Å². The van der Waals surface area contributed by atoms with Gasteiger partial charge in [-0.25, -0.2) is 9.78 Å². The average molecular weight is 431 g/mol. The van der Waals surface area contributed by atoms with Crippen molar-refractivity contribution in [2.75, 3.05) is 43.9 Å². The number of aromatic nitrogens is 2. The van der Waals surface area contributed by atoms with Crippen LogP contribution in [0.15, 0.2) is 0 Å². The monoisotopic (exact) mass is 431 g/mol. The van der Waals surface area contributed by atoms with Crippen molar-refractivity contribution in [1.82, 2.24) is 14.9 Å². The number of carbonyl (C=O) groups is 1. The normalized spacial score (nSPS) is 18.0. The fourth-order valence-electron chi connectivity index (χ4n) is 3.53. The van der Waals surface area contributed by atoms with Gasteiger partial charge in [-0.05, 0) is 38.3 Å². The lowest BCUT2D eigenvalue weighted by Gasteiger charge is -2.33. The second kappa shape index (κ2) is 8.70. The van der Waals surface area contributed by atoms with Crippen LogP contribution < -0.4 is 10.6 Å². The lowest BCUT2D eigenvalue weighted by molar-refractivity contribution is -0.192. The van der Waals surface area contributed by atoms with Gasteiger partial charge in [-0.15, -0.1) is 11.3 Å². The molecule has 0 radical (unpaired) electrons. The molecule has 0 saturated carbocycles. The second-order valence-electron chi connectivity index (χ2n) is 7.24. The third-order valence-corrected chi connectivity index (χ3v) is 6.37. The van der Waals surface area contributed by atoms with Crippen molar-refractivity contribution in [3.63, 3.8) is 0 Å². The quantitative estimate of drug-likeness (QED) is 0.671. The number of aryl methyl sites for hydroxylation is 2. The number of rotatable bonds is 1. The molecular formula is C18H24F3N5O2S. The van der Waals surface area contributed by atoms with Crippen LogP contribution in [0.5, 0.6) is 0 Å². The first kappa shape index (κ1) is 21.6. The number of hydrogen-bond donors (Lipinski definition) is 2. The number of nitrogens with zero attached hydrogens (tertiary/aromatic N) is 4. The zero-order valence-electron chi connectivity index (χ0n) is 16.1. The Morgan fingerprint density at radius 2 is 1.72 bits per heavy atom. The maximum absolute atomic E-state index is 10.6. The van der Waals surface area contributed by atoms with E-state index in [2.05, 4.69) is 26.8 Å². The Bertz CT molecular complexity index is 878. The fraction of sp³-hybridized carbons (Fsp3) is 0.611. The molecule has 2 aromatic rings. The van der Waals surface area contributed by atoms with Gasteiger partial charge in [0.1, 0.15) is 0 Å². The molecule has 0 aromatic carbocycles. The number of thiophene rings is 1. The third-order valence-electron chi connectivity index (χ3n) is 5.09. The molecule has 0 amide bonds. The van der Waals surface area contributed by atoms with E-state index in [4.69, 9.17) is 15.6 Å². The first-order valence-corrected chi connectivity index (χ1v) is 10.3. The van der Waals surface area contributed by atoms with E-state index in [1.165, 1.54) is 40.8 Å². The number of carboxylic acid groups (broad SMARTS) is 1. The van der Waals surface area contributed by atoms with Gasteiger partial charge in [-0.2, -0.15) is 18.2 Å². The number of nitrogens with two attached hydrogens (primary N) is 1. The van der Waals surface area contributed by atoms with Crippen LogP contribution in [0.1, 0.15) is 29.7 Å². The van der Waals surface area contributed by atoms with Crippen molar-refractivity contribution in [2.45, 2.75) is 38.3 Å². The molecule has 1 saturated heterocycles. The van der Waals surface area contributed by atoms with Gasteiger partial charge in [0, 0.05) is 31.1 Å². The molecule has 7 nitrogen and oxygen atoms in total. The minimum atomic E-state index is -5.08. The zero-order valence-corrected chi connectivity index (χ0v) is 16.9. The largest absolute Gasteiger partial charge is 0.490 e. The molecule has 3 heterocycles. The molecule has 0 atom stereocenters. The number of carboxylic acids is 1. The molecule has 0 bridgehead atoms. The van der Waals surface area contributed by atoms with E-state index in [-0.39, 0.29) is 0 Å². The standard InChI is InChI=1S/C16H23N5S.C2HF3O2/c1-20-7-9-21(10-8-20)15-14-13(18-16(17)19-15)11-5-3-2-4-6-12(11)22-14;3-2(4,5)1(6)7/h2-10H2,1H3,(H2,17,18,19);(H,6,7). The smallest absolute Gasteiger partial charge is 0.475 e. The minimum absolute atomic E-state index is 0.422. The Kier molecular flexibility index (Phi) is 6.47. The highest BCUT2D eigenvalue weighted by Crippen LogP contribution is 2.39. The third kappa shape index (κ3) is 5.08. The fourth-order valence-corrected chi connectivity index (χ4v) is 4.87. The molecule has 1 aliphatic heterocycles. The summed E-state index contributed by atoms with van der Waals surface area (Å²) in [4.78, 5) is 24.4. The SMILES string of the molecule is CN1CCN(c2nc(N)nc3c4c(sc23)CCCCC4)CC1.O=C(O)C(F)(F)F. The average Bonchev–Trinajstić information content (AvgIpc) is 2.83. The Hall–Kier alpha value is -2.14. The van der Waals surface area contributed by atoms with Crippen LogP contribution in [0.4, 0.5) is 24.9 Å². The van der Waals surface area contributed by atoms with Crippen LogP contribution in [-0.2, 0) is 17.6 Å². The van der Waals surface area contributed by atoms with E-state index in [1.54, 1.807) is 0 Å². The predicted octanol–water partition coefficient (Wildman–Crippen LogP) is 2.93. The number of piperazine rings is 1. The first-order chi connectivity index (χ1) is 13.7. The van der Waals surface area contributed by atoms with Gasteiger partial charge in [0.15, 0.2) is 5.82 Å². The minimum Gasteiger partial charge on any atom is -0.475 e. The highest BCUT2D eigenvalue weighted by molar-refractivity contribution is 7.19. The Morgan fingerprint density at radius 1 is 1.10 bits per heavy atom. The van der Waals surface area contributed by atoms with Gasteiger partial charge in [-0.3, -0.25) is 0 Å². The Labute approximate surface area is 170 Å². The van der Waals surface area contributed by atoms with Crippen LogP contribution >= 0.6 is 11.3 Å². The molecule has 2 aliphatic rings. The van der Waals surface area contributed by atoms with Crippen molar-refractivity contribution in [2.24, 2.45) is 0 Å². The molecule has 0 unspecified atom stereocenters. The molecular weight excluding hydrogens is 407 g/mol. The van der Waals surface area contributed by atoms with Crippen LogP contribution in [0, 0.1) is 0 Å². The van der Waals surface area contributed by atoms with Gasteiger partial charge >= 0.3 is 12.1 Å². The lowest BCUT2D eigenvalue weighted by atomic mass is 10.1. The highest BCUT2D eigenvalue weighted by Gasteiger charge is 2.38. The summed E-state index contributed by atoms with van der Waals surface area (Å²) in [5.74, 6) is -1.27. The topological polar surface area (TPSA) is 95.6 Å². The number of anilines is 2. The van der Waals surface area contributed by atoms with E-state index in [0.29, 0.717) is 5.95 Å². The van der Waals surface area contributed by atoms with Crippen molar-refractivity contribution in [3.05, 3.63) is 10.4 Å². The van der Waals surface area contributed by atoms with Gasteiger partial charge in [-0.1, -0.05) is 6.42 Å². The summed E-state index contributed by atoms with van der Waals surface area (Å²) in [6.07, 6.45) is 1.15. The predicted molar refractivity (Wildman–Crippen MR) is 106 cm³/mol. The van der Waals surface area contributed by atoms with Crippen LogP contribution in [0.2, 0.25) is 0 Å². The highest BCUT2D eigenvalue weighted by atomic mass is 32.1. The molecule has 0 spiro atoms. The number of nitrogen functional groups attached to an aromatic ring is 1. The van der Waals surface area contributed by atoms with Gasteiger partial charge in [0.05, 0.1) is 10.2 Å². The number of likely N-dealkylation sites (N-methyl/N-ethyl adjacent to an activating group) is 1. The van der Waals surface area contributed by atoms with Crippen molar-refractivity contribution in [3.8, 4) is 0 Å². The van der Waals surface area contributed by atoms with Crippen molar-refractivity contribution < 1.29 is 23.1 Å². The summed E-state index contributed by atoms with van der Waals surface area (Å²) in [6.45, 7) is 4.20. The molecule has 11 heteroatoms. The molecule has 1 aliphatic carbocycles. The molecule has 2 aromatic heterocycles. The number of hydrogen-bond acceptors (Lipinski definition) is 7. The Balaban J connectivity index is 0.000000298. The summed E-state index contributed by atoms with van der Waals surface area (Å²) < 4.78 is 33.0.